The first-order chi connectivity index (χ1) is 14.2. The summed E-state index contributed by atoms with van der Waals surface area (Å²) in [5.74, 6) is -1.49. The highest BCUT2D eigenvalue weighted by atomic mass is 16.6. The topological polar surface area (TPSA) is 152 Å². The van der Waals surface area contributed by atoms with Crippen LogP contribution in [0.25, 0.3) is 6.08 Å². The Morgan fingerprint density at radius 1 is 1.27 bits per heavy atom. The lowest BCUT2D eigenvalue weighted by Gasteiger charge is -2.10. The fraction of sp³-hybridized carbons (Fsp3) is 0.150. The number of aliphatic carboxylic acids is 1. The highest BCUT2D eigenvalue weighted by Gasteiger charge is 2.15. The molecular formula is C20H17N3O7. The number of aryl methyl sites for hydroxylation is 1. The third-order valence-electron chi connectivity index (χ3n) is 3.90. The molecule has 0 aliphatic heterocycles. The number of hydrogen-bond acceptors (Lipinski definition) is 7. The Hall–Kier alpha value is -4.39. The number of non-ortho nitro benzene ring substituents is 1. The first kappa shape index (κ1) is 21.9. The molecule has 0 unspecified atom stereocenters. The van der Waals surface area contributed by atoms with Crippen LogP contribution in [-0.4, -0.2) is 35.6 Å². The van der Waals surface area contributed by atoms with Gasteiger partial charge in [-0.05, 0) is 36.3 Å². The number of ether oxygens (including phenoxy) is 2. The smallest absolute Gasteiger partial charge is 0.341 e. The van der Waals surface area contributed by atoms with Crippen molar-refractivity contribution in [2.75, 3.05) is 19.0 Å². The van der Waals surface area contributed by atoms with Crippen molar-refractivity contribution in [3.05, 3.63) is 63.2 Å². The maximum Gasteiger partial charge on any atom is 0.341 e. The van der Waals surface area contributed by atoms with E-state index in [0.717, 1.165) is 0 Å². The van der Waals surface area contributed by atoms with Crippen LogP contribution in [-0.2, 0) is 9.59 Å². The highest BCUT2D eigenvalue weighted by Crippen LogP contribution is 2.29. The van der Waals surface area contributed by atoms with E-state index in [4.69, 9.17) is 14.6 Å². The number of benzene rings is 2. The van der Waals surface area contributed by atoms with E-state index in [1.165, 1.54) is 49.6 Å². The van der Waals surface area contributed by atoms with Crippen molar-refractivity contribution in [3.8, 4) is 17.6 Å². The van der Waals surface area contributed by atoms with Crippen LogP contribution in [0.2, 0.25) is 0 Å². The molecule has 2 aromatic rings. The van der Waals surface area contributed by atoms with Gasteiger partial charge < -0.3 is 19.9 Å². The maximum absolute atomic E-state index is 12.5. The molecule has 0 radical (unpaired) electrons. The second-order valence-corrected chi connectivity index (χ2v) is 5.97. The molecule has 0 fully saturated rings. The second kappa shape index (κ2) is 9.70. The molecule has 1 amide bonds. The van der Waals surface area contributed by atoms with Gasteiger partial charge in [-0.15, -0.1) is 0 Å². The largest absolute Gasteiger partial charge is 0.493 e. The van der Waals surface area contributed by atoms with Crippen molar-refractivity contribution < 1.29 is 29.1 Å². The third kappa shape index (κ3) is 5.56. The van der Waals surface area contributed by atoms with Crippen molar-refractivity contribution >= 4 is 29.3 Å². The molecule has 10 nitrogen and oxygen atoms in total. The van der Waals surface area contributed by atoms with Crippen LogP contribution < -0.4 is 14.8 Å². The third-order valence-corrected chi connectivity index (χ3v) is 3.90. The number of anilines is 1. The molecule has 2 rings (SSSR count). The van der Waals surface area contributed by atoms with Crippen LogP contribution in [0.1, 0.15) is 11.1 Å². The van der Waals surface area contributed by atoms with E-state index in [0.29, 0.717) is 11.1 Å². The van der Waals surface area contributed by atoms with Gasteiger partial charge in [-0.1, -0.05) is 12.1 Å². The van der Waals surface area contributed by atoms with E-state index in [-0.39, 0.29) is 28.4 Å². The zero-order valence-electron chi connectivity index (χ0n) is 16.0. The summed E-state index contributed by atoms with van der Waals surface area (Å²) in [7, 11) is 1.36. The number of nitro benzene ring substituents is 1. The monoisotopic (exact) mass is 411 g/mol. The van der Waals surface area contributed by atoms with E-state index in [1.807, 2.05) is 0 Å². The molecule has 10 heteroatoms. The number of carbonyl (C=O) groups is 2. The zero-order chi connectivity index (χ0) is 22.3. The van der Waals surface area contributed by atoms with E-state index in [9.17, 15) is 25.0 Å². The molecule has 154 valence electrons. The van der Waals surface area contributed by atoms with E-state index in [1.54, 1.807) is 13.0 Å². The minimum absolute atomic E-state index is 0.187. The molecule has 30 heavy (non-hydrogen) atoms. The second-order valence-electron chi connectivity index (χ2n) is 5.97. The molecule has 0 aliphatic carbocycles. The van der Waals surface area contributed by atoms with E-state index >= 15 is 0 Å². The molecule has 0 saturated heterocycles. The average molecular weight is 411 g/mol. The number of methoxy groups -OCH3 is 1. The van der Waals surface area contributed by atoms with Crippen molar-refractivity contribution in [3.63, 3.8) is 0 Å². The number of nitro groups is 1. The van der Waals surface area contributed by atoms with Gasteiger partial charge in [-0.2, -0.15) is 5.26 Å². The standard InChI is InChI=1S/C20H17N3O7/c1-12-3-5-15(23(27)28)9-16(12)22-20(26)14(10-21)7-13-4-6-17(18(8-13)29-2)30-11-19(24)25/h3-9H,11H2,1-2H3,(H,22,26)(H,24,25)/b14-7+. The molecule has 2 aromatic carbocycles. The summed E-state index contributed by atoms with van der Waals surface area (Å²) < 4.78 is 10.2. The number of carbonyl (C=O) groups excluding carboxylic acids is 1. The molecule has 0 atom stereocenters. The number of rotatable bonds is 8. The highest BCUT2D eigenvalue weighted by molar-refractivity contribution is 6.10. The number of carboxylic acids is 1. The van der Waals surface area contributed by atoms with Gasteiger partial charge >= 0.3 is 5.97 Å². The normalized spacial score (nSPS) is 10.6. The summed E-state index contributed by atoms with van der Waals surface area (Å²) in [5.41, 5.74) is 0.789. The van der Waals surface area contributed by atoms with Gasteiger partial charge in [0.2, 0.25) is 0 Å². The van der Waals surface area contributed by atoms with E-state index in [2.05, 4.69) is 5.32 Å². The van der Waals surface area contributed by atoms with Crippen molar-refractivity contribution in [1.29, 1.82) is 5.26 Å². The molecule has 0 spiro atoms. The SMILES string of the molecule is COc1cc(/C=C(\C#N)C(=O)Nc2cc([N+](=O)[O-])ccc2C)ccc1OCC(=O)O. The lowest BCUT2D eigenvalue weighted by atomic mass is 10.1. The number of hydrogen-bond donors (Lipinski definition) is 2. The first-order valence-electron chi connectivity index (χ1n) is 8.46. The van der Waals surface area contributed by atoms with Gasteiger partial charge in [0, 0.05) is 12.1 Å². The molecular weight excluding hydrogens is 394 g/mol. The summed E-state index contributed by atoms with van der Waals surface area (Å²) >= 11 is 0. The molecule has 0 aliphatic rings. The average Bonchev–Trinajstić information content (AvgIpc) is 2.71. The summed E-state index contributed by atoms with van der Waals surface area (Å²) in [6.45, 7) is 1.11. The zero-order valence-corrected chi connectivity index (χ0v) is 16.0. The Morgan fingerprint density at radius 3 is 2.60 bits per heavy atom. The number of nitrogens with one attached hydrogen (secondary N) is 1. The Morgan fingerprint density at radius 2 is 2.00 bits per heavy atom. The maximum atomic E-state index is 12.5. The minimum Gasteiger partial charge on any atom is -0.493 e. The van der Waals surface area contributed by atoms with Crippen LogP contribution in [0, 0.1) is 28.4 Å². The minimum atomic E-state index is -1.15. The van der Waals surface area contributed by atoms with Gasteiger partial charge in [0.1, 0.15) is 11.6 Å². The molecule has 0 saturated carbocycles. The molecule has 0 aromatic heterocycles. The van der Waals surface area contributed by atoms with Gasteiger partial charge in [0.25, 0.3) is 11.6 Å². The summed E-state index contributed by atoms with van der Waals surface area (Å²) in [5, 5.41) is 31.5. The lowest BCUT2D eigenvalue weighted by Crippen LogP contribution is -2.14. The van der Waals surface area contributed by atoms with Crippen LogP contribution >= 0.6 is 0 Å². The quantitative estimate of drug-likeness (QED) is 0.291. The lowest BCUT2D eigenvalue weighted by molar-refractivity contribution is -0.384. The molecule has 0 bridgehead atoms. The van der Waals surface area contributed by atoms with Crippen LogP contribution in [0.5, 0.6) is 11.5 Å². The van der Waals surface area contributed by atoms with Crippen molar-refractivity contribution in [1.82, 2.24) is 0 Å². The number of nitriles is 1. The van der Waals surface area contributed by atoms with Crippen LogP contribution in [0.4, 0.5) is 11.4 Å². The van der Waals surface area contributed by atoms with Gasteiger partial charge in [0.05, 0.1) is 17.7 Å². The fourth-order valence-corrected chi connectivity index (χ4v) is 2.40. The van der Waals surface area contributed by atoms with Gasteiger partial charge in [-0.25, -0.2) is 4.79 Å². The summed E-state index contributed by atoms with van der Waals surface area (Å²) in [6.07, 6.45) is 1.30. The molecule has 2 N–H and O–H groups in total. The number of amides is 1. The van der Waals surface area contributed by atoms with Crippen molar-refractivity contribution in [2.24, 2.45) is 0 Å². The number of carboxylic acid groups (broad SMARTS) is 1. The molecule has 0 heterocycles. The summed E-state index contributed by atoms with van der Waals surface area (Å²) in [4.78, 5) is 33.5. The van der Waals surface area contributed by atoms with E-state index < -0.39 is 23.4 Å². The van der Waals surface area contributed by atoms with Crippen LogP contribution in [0.15, 0.2) is 42.0 Å². The Balaban J connectivity index is 2.28. The Labute approximate surface area is 171 Å². The Kier molecular flexibility index (Phi) is 7.08. The fourth-order valence-electron chi connectivity index (χ4n) is 2.40. The predicted molar refractivity (Wildman–Crippen MR) is 106 cm³/mol. The Bertz CT molecular complexity index is 1070. The van der Waals surface area contributed by atoms with Gasteiger partial charge in [0.15, 0.2) is 18.1 Å². The predicted octanol–water partition coefficient (Wildman–Crippen LogP) is 2.92. The summed E-state index contributed by atoms with van der Waals surface area (Å²) in [6, 6.07) is 10.2. The first-order valence-corrected chi connectivity index (χ1v) is 8.46. The number of nitrogens with zero attached hydrogens (tertiary/aromatic N) is 2. The van der Waals surface area contributed by atoms with Crippen LogP contribution in [0.3, 0.4) is 0 Å². The van der Waals surface area contributed by atoms with Gasteiger partial charge in [-0.3, -0.25) is 14.9 Å². The van der Waals surface area contributed by atoms with Crippen molar-refractivity contribution in [2.45, 2.75) is 6.92 Å².